The van der Waals surface area contributed by atoms with Crippen LogP contribution in [0.2, 0.25) is 0 Å². The Labute approximate surface area is 188 Å². The number of nitrogens with two attached hydrogens (primary N) is 1. The Morgan fingerprint density at radius 3 is 2.69 bits per heavy atom. The van der Waals surface area contributed by atoms with E-state index in [1.54, 1.807) is 0 Å². The molecule has 1 aromatic heterocycles. The van der Waals surface area contributed by atoms with E-state index in [4.69, 9.17) is 15.2 Å². The van der Waals surface area contributed by atoms with Crippen molar-refractivity contribution in [1.29, 1.82) is 0 Å². The van der Waals surface area contributed by atoms with E-state index >= 15 is 0 Å². The van der Waals surface area contributed by atoms with Gasteiger partial charge >= 0.3 is 0 Å². The smallest absolute Gasteiger partial charge is 0.193 e. The first kappa shape index (κ1) is 22.9. The third-order valence-corrected chi connectivity index (χ3v) is 4.50. The van der Waals surface area contributed by atoms with Gasteiger partial charge in [0.2, 0.25) is 0 Å². The number of aliphatic imine (C=N–C) groups is 1. The van der Waals surface area contributed by atoms with Crippen molar-refractivity contribution < 1.29 is 9.47 Å². The number of ether oxygens (including phenoxy) is 2. The number of aromatic nitrogens is 1. The van der Waals surface area contributed by atoms with Crippen molar-refractivity contribution in [3.05, 3.63) is 53.7 Å². The molecule has 156 valence electrons. The van der Waals surface area contributed by atoms with Crippen LogP contribution in [0.3, 0.4) is 0 Å². The van der Waals surface area contributed by atoms with Crippen molar-refractivity contribution in [3.8, 4) is 11.5 Å². The van der Waals surface area contributed by atoms with Gasteiger partial charge in [-0.3, -0.25) is 4.99 Å². The van der Waals surface area contributed by atoms with Gasteiger partial charge in [-0.2, -0.15) is 0 Å². The van der Waals surface area contributed by atoms with Gasteiger partial charge in [0.25, 0.3) is 0 Å². The number of hydrogen-bond donors (Lipinski definition) is 3. The quantitative estimate of drug-likeness (QED) is 0.231. The molecule has 2 aromatic carbocycles. The lowest BCUT2D eigenvalue weighted by molar-refractivity contribution is 0.332. The maximum absolute atomic E-state index is 6.11. The Balaban J connectivity index is 0.00000300. The molecule has 0 fully saturated rings. The zero-order valence-corrected chi connectivity index (χ0v) is 19.4. The number of fused-ring (bicyclic) bond motifs is 1. The zero-order chi connectivity index (χ0) is 19.9. The van der Waals surface area contributed by atoms with E-state index in [1.807, 2.05) is 32.0 Å². The van der Waals surface area contributed by atoms with Crippen LogP contribution in [0.5, 0.6) is 11.5 Å². The standard InChI is InChI=1S/C22H28N4O2.HI/c1-4-27-17-9-10-20(28-5-2)19(13-17)26-22(23)24-12-11-16-14-25-21-15(3)7-6-8-18(16)21;/h6-10,13-14,25H,4-5,11-12H2,1-3H3,(H3,23,24,26);1H. The van der Waals surface area contributed by atoms with Gasteiger partial charge in [0.15, 0.2) is 5.96 Å². The van der Waals surface area contributed by atoms with E-state index in [2.05, 4.69) is 46.6 Å². The highest BCUT2D eigenvalue weighted by atomic mass is 127. The number of aromatic amines is 1. The molecule has 0 aliphatic carbocycles. The maximum Gasteiger partial charge on any atom is 0.193 e. The van der Waals surface area contributed by atoms with Crippen LogP contribution in [-0.2, 0) is 6.42 Å². The fourth-order valence-electron chi connectivity index (χ4n) is 3.19. The molecule has 3 aromatic rings. The second-order valence-corrected chi connectivity index (χ2v) is 6.48. The van der Waals surface area contributed by atoms with Crippen LogP contribution in [0.15, 0.2) is 47.6 Å². The first-order valence-corrected chi connectivity index (χ1v) is 9.64. The van der Waals surface area contributed by atoms with Gasteiger partial charge < -0.3 is 25.5 Å². The fourth-order valence-corrected chi connectivity index (χ4v) is 3.19. The summed E-state index contributed by atoms with van der Waals surface area (Å²) in [7, 11) is 0. The summed E-state index contributed by atoms with van der Waals surface area (Å²) in [5, 5.41) is 4.38. The number of anilines is 1. The Morgan fingerprint density at radius 1 is 1.14 bits per heavy atom. The van der Waals surface area contributed by atoms with Crippen molar-refractivity contribution in [3.63, 3.8) is 0 Å². The molecule has 0 bridgehead atoms. The average molecular weight is 508 g/mol. The fraction of sp³-hybridized carbons (Fsp3) is 0.318. The molecule has 29 heavy (non-hydrogen) atoms. The second kappa shape index (κ2) is 10.9. The largest absolute Gasteiger partial charge is 0.494 e. The summed E-state index contributed by atoms with van der Waals surface area (Å²) >= 11 is 0. The van der Waals surface area contributed by atoms with Gasteiger partial charge in [0, 0.05) is 29.7 Å². The number of nitrogens with one attached hydrogen (secondary N) is 2. The van der Waals surface area contributed by atoms with Gasteiger partial charge in [-0.05, 0) is 50.5 Å². The predicted octanol–water partition coefficient (Wildman–Crippen LogP) is 4.86. The molecule has 0 aliphatic heterocycles. The van der Waals surface area contributed by atoms with Crippen LogP contribution in [-0.4, -0.2) is 30.7 Å². The second-order valence-electron chi connectivity index (χ2n) is 6.48. The van der Waals surface area contributed by atoms with Crippen molar-refractivity contribution >= 4 is 46.5 Å². The van der Waals surface area contributed by atoms with E-state index in [-0.39, 0.29) is 24.0 Å². The first-order valence-electron chi connectivity index (χ1n) is 9.64. The minimum atomic E-state index is 0. The van der Waals surface area contributed by atoms with Gasteiger partial charge in [-0.1, -0.05) is 18.2 Å². The molecule has 0 amide bonds. The van der Waals surface area contributed by atoms with Crippen LogP contribution in [0.1, 0.15) is 25.0 Å². The lowest BCUT2D eigenvalue weighted by Crippen LogP contribution is -2.23. The predicted molar refractivity (Wildman–Crippen MR) is 131 cm³/mol. The Bertz CT molecular complexity index is 969. The van der Waals surface area contributed by atoms with Gasteiger partial charge in [0.05, 0.1) is 18.9 Å². The van der Waals surface area contributed by atoms with E-state index < -0.39 is 0 Å². The highest BCUT2D eigenvalue weighted by Gasteiger charge is 2.08. The van der Waals surface area contributed by atoms with Gasteiger partial charge in [-0.15, -0.1) is 24.0 Å². The average Bonchev–Trinajstić information content (AvgIpc) is 3.09. The lowest BCUT2D eigenvalue weighted by atomic mass is 10.1. The number of hydrogen-bond acceptors (Lipinski definition) is 3. The van der Waals surface area contributed by atoms with Crippen molar-refractivity contribution in [2.45, 2.75) is 27.2 Å². The van der Waals surface area contributed by atoms with Crippen molar-refractivity contribution in [2.24, 2.45) is 10.7 Å². The zero-order valence-electron chi connectivity index (χ0n) is 17.1. The van der Waals surface area contributed by atoms with Crippen LogP contribution >= 0.6 is 24.0 Å². The van der Waals surface area contributed by atoms with Gasteiger partial charge in [-0.25, -0.2) is 0 Å². The first-order chi connectivity index (χ1) is 13.6. The van der Waals surface area contributed by atoms with Crippen LogP contribution in [0, 0.1) is 6.92 Å². The third-order valence-electron chi connectivity index (χ3n) is 4.50. The number of nitrogens with zero attached hydrogens (tertiary/aromatic N) is 1. The molecule has 0 aliphatic rings. The molecule has 0 unspecified atom stereocenters. The molecular formula is C22H29IN4O2. The monoisotopic (exact) mass is 508 g/mol. The van der Waals surface area contributed by atoms with Crippen LogP contribution < -0.4 is 20.5 Å². The molecule has 1 heterocycles. The summed E-state index contributed by atoms with van der Waals surface area (Å²) in [5.74, 6) is 1.83. The van der Waals surface area contributed by atoms with Crippen molar-refractivity contribution in [1.82, 2.24) is 4.98 Å². The molecule has 3 rings (SSSR count). The number of guanidine groups is 1. The Morgan fingerprint density at radius 2 is 1.93 bits per heavy atom. The summed E-state index contributed by atoms with van der Waals surface area (Å²) < 4.78 is 11.2. The summed E-state index contributed by atoms with van der Waals surface area (Å²) in [6.45, 7) is 7.76. The number of halogens is 1. The third kappa shape index (κ3) is 5.79. The number of benzene rings is 2. The number of rotatable bonds is 8. The lowest BCUT2D eigenvalue weighted by Gasteiger charge is -2.14. The maximum atomic E-state index is 6.11. The molecule has 0 radical (unpaired) electrons. The minimum Gasteiger partial charge on any atom is -0.494 e. The Hall–Kier alpha value is -2.42. The number of aryl methyl sites for hydroxylation is 1. The summed E-state index contributed by atoms with van der Waals surface area (Å²) in [5.41, 5.74) is 10.5. The minimum absolute atomic E-state index is 0. The SMILES string of the molecule is CCOc1ccc(OCC)c(NC(N)=NCCc2c[nH]c3c(C)cccc23)c1.I. The normalized spacial score (nSPS) is 11.2. The van der Waals surface area contributed by atoms with E-state index in [1.165, 1.54) is 22.0 Å². The molecule has 0 saturated carbocycles. The van der Waals surface area contributed by atoms with E-state index in [0.29, 0.717) is 25.7 Å². The van der Waals surface area contributed by atoms with Crippen LogP contribution in [0.4, 0.5) is 5.69 Å². The summed E-state index contributed by atoms with van der Waals surface area (Å²) in [6, 6.07) is 11.9. The number of H-pyrrole nitrogens is 1. The van der Waals surface area contributed by atoms with E-state index in [9.17, 15) is 0 Å². The molecule has 4 N–H and O–H groups in total. The molecule has 0 saturated heterocycles. The highest BCUT2D eigenvalue weighted by Crippen LogP contribution is 2.29. The topological polar surface area (TPSA) is 84.7 Å². The number of para-hydroxylation sites is 1. The summed E-state index contributed by atoms with van der Waals surface area (Å²) in [6.07, 6.45) is 2.86. The molecule has 0 spiro atoms. The molecule has 0 atom stereocenters. The Kier molecular flexibility index (Phi) is 8.63. The summed E-state index contributed by atoms with van der Waals surface area (Å²) in [4.78, 5) is 7.82. The van der Waals surface area contributed by atoms with Crippen molar-refractivity contribution in [2.75, 3.05) is 25.1 Å². The molecular weight excluding hydrogens is 479 g/mol. The van der Waals surface area contributed by atoms with E-state index in [0.717, 1.165) is 23.6 Å². The molecule has 7 heteroatoms. The van der Waals surface area contributed by atoms with Gasteiger partial charge in [0.1, 0.15) is 11.5 Å². The highest BCUT2D eigenvalue weighted by molar-refractivity contribution is 14.0. The molecule has 6 nitrogen and oxygen atoms in total. The van der Waals surface area contributed by atoms with Crippen LogP contribution in [0.25, 0.3) is 10.9 Å².